The number of benzene rings is 1. The number of carbonyl (C=O) groups is 1. The standard InChI is InChI=1S/C16H12FN5O2/c1-22-15-10(8-20-22)14(23)11(7-19-15)16(24)21-13(6-18)9-4-2-3-5-12(9)17/h2-5,7-8,13H,1H3,(H,19,23)(H,21,24). The predicted molar refractivity (Wildman–Crippen MR) is 83.6 cm³/mol. The van der Waals surface area contributed by atoms with Crippen LogP contribution >= 0.6 is 0 Å². The van der Waals surface area contributed by atoms with Gasteiger partial charge in [-0.05, 0) is 6.07 Å². The summed E-state index contributed by atoms with van der Waals surface area (Å²) < 4.78 is 15.3. The number of aryl methyl sites for hydroxylation is 1. The first-order valence-electron chi connectivity index (χ1n) is 7.01. The highest BCUT2D eigenvalue weighted by atomic mass is 19.1. The van der Waals surface area contributed by atoms with Crippen LogP contribution in [0.5, 0.6) is 0 Å². The third-order valence-electron chi connectivity index (χ3n) is 3.65. The minimum Gasteiger partial charge on any atom is -0.345 e. The van der Waals surface area contributed by atoms with E-state index in [2.05, 4.69) is 15.4 Å². The van der Waals surface area contributed by atoms with Crippen molar-refractivity contribution in [2.45, 2.75) is 6.04 Å². The summed E-state index contributed by atoms with van der Waals surface area (Å²) in [7, 11) is 1.65. The Bertz CT molecular complexity index is 1030. The molecule has 0 fully saturated rings. The average Bonchev–Trinajstić information content (AvgIpc) is 2.96. The van der Waals surface area contributed by atoms with Crippen LogP contribution in [-0.4, -0.2) is 20.7 Å². The van der Waals surface area contributed by atoms with Crippen molar-refractivity contribution in [1.29, 1.82) is 5.26 Å². The zero-order valence-corrected chi connectivity index (χ0v) is 12.6. The monoisotopic (exact) mass is 325 g/mol. The fourth-order valence-corrected chi connectivity index (χ4v) is 2.39. The number of hydrogen-bond acceptors (Lipinski definition) is 4. The van der Waals surface area contributed by atoms with Gasteiger partial charge in [0, 0.05) is 18.8 Å². The highest BCUT2D eigenvalue weighted by Gasteiger charge is 2.21. The van der Waals surface area contributed by atoms with Crippen LogP contribution < -0.4 is 10.7 Å². The van der Waals surface area contributed by atoms with E-state index in [1.165, 1.54) is 35.3 Å². The number of aromatic nitrogens is 3. The van der Waals surface area contributed by atoms with Crippen molar-refractivity contribution in [2.24, 2.45) is 7.05 Å². The molecule has 2 N–H and O–H groups in total. The van der Waals surface area contributed by atoms with Crippen molar-refractivity contribution < 1.29 is 9.18 Å². The molecule has 2 aromatic heterocycles. The summed E-state index contributed by atoms with van der Waals surface area (Å²) in [5.41, 5.74) is -0.179. The molecule has 8 heteroatoms. The molecule has 0 aliphatic carbocycles. The molecule has 3 aromatic rings. The number of fused-ring (bicyclic) bond motifs is 1. The number of nitrogens with zero attached hydrogens (tertiary/aromatic N) is 3. The summed E-state index contributed by atoms with van der Waals surface area (Å²) in [5.74, 6) is -1.38. The van der Waals surface area contributed by atoms with Crippen molar-refractivity contribution in [1.82, 2.24) is 20.1 Å². The van der Waals surface area contributed by atoms with Gasteiger partial charge in [-0.3, -0.25) is 14.3 Å². The van der Waals surface area contributed by atoms with Crippen LogP contribution in [0.1, 0.15) is 22.0 Å². The number of pyridine rings is 1. The van der Waals surface area contributed by atoms with E-state index in [1.807, 2.05) is 6.07 Å². The van der Waals surface area contributed by atoms with Gasteiger partial charge in [-0.15, -0.1) is 0 Å². The number of halogens is 1. The number of nitriles is 1. The number of H-pyrrole nitrogens is 1. The minimum absolute atomic E-state index is 0.0345. The third kappa shape index (κ3) is 2.52. The van der Waals surface area contributed by atoms with Crippen LogP contribution in [0.2, 0.25) is 0 Å². The van der Waals surface area contributed by atoms with E-state index in [-0.39, 0.29) is 16.5 Å². The van der Waals surface area contributed by atoms with E-state index in [4.69, 9.17) is 0 Å². The third-order valence-corrected chi connectivity index (χ3v) is 3.65. The van der Waals surface area contributed by atoms with Crippen molar-refractivity contribution in [3.63, 3.8) is 0 Å². The van der Waals surface area contributed by atoms with E-state index >= 15 is 0 Å². The Morgan fingerprint density at radius 2 is 2.21 bits per heavy atom. The van der Waals surface area contributed by atoms with Crippen molar-refractivity contribution in [3.8, 4) is 6.07 Å². The second kappa shape index (κ2) is 5.96. The molecule has 0 aliphatic heterocycles. The smallest absolute Gasteiger partial charge is 0.258 e. The molecular formula is C16H12FN5O2. The van der Waals surface area contributed by atoms with Gasteiger partial charge in [0.05, 0.1) is 17.7 Å². The zero-order valence-electron chi connectivity index (χ0n) is 12.6. The van der Waals surface area contributed by atoms with Gasteiger partial charge in [-0.25, -0.2) is 4.39 Å². The zero-order chi connectivity index (χ0) is 17.3. The molecule has 0 radical (unpaired) electrons. The summed E-state index contributed by atoms with van der Waals surface area (Å²) in [4.78, 5) is 27.5. The average molecular weight is 325 g/mol. The molecule has 1 aromatic carbocycles. The van der Waals surface area contributed by atoms with Gasteiger partial charge in [0.25, 0.3) is 5.91 Å². The fraction of sp³-hybridized carbons (Fsp3) is 0.125. The van der Waals surface area contributed by atoms with Gasteiger partial charge >= 0.3 is 0 Å². The molecule has 1 amide bonds. The number of rotatable bonds is 3. The minimum atomic E-state index is -1.21. The maximum absolute atomic E-state index is 13.8. The molecule has 1 atom stereocenters. The van der Waals surface area contributed by atoms with Crippen LogP contribution in [0.25, 0.3) is 11.0 Å². The maximum Gasteiger partial charge on any atom is 0.258 e. The van der Waals surface area contributed by atoms with E-state index in [0.29, 0.717) is 5.65 Å². The lowest BCUT2D eigenvalue weighted by Crippen LogP contribution is -2.32. The van der Waals surface area contributed by atoms with Gasteiger partial charge in [0.15, 0.2) is 0 Å². The Balaban J connectivity index is 1.95. The maximum atomic E-state index is 13.8. The topological polar surface area (TPSA) is 104 Å². The summed E-state index contributed by atoms with van der Waals surface area (Å²) in [6.07, 6.45) is 2.60. The van der Waals surface area contributed by atoms with E-state index in [1.54, 1.807) is 13.1 Å². The first kappa shape index (κ1) is 15.4. The first-order chi connectivity index (χ1) is 11.5. The molecule has 7 nitrogen and oxygen atoms in total. The Kier molecular flexibility index (Phi) is 3.83. The van der Waals surface area contributed by atoms with E-state index in [0.717, 1.165) is 0 Å². The van der Waals surface area contributed by atoms with Crippen LogP contribution in [0, 0.1) is 17.1 Å². The lowest BCUT2D eigenvalue weighted by atomic mass is 10.1. The van der Waals surface area contributed by atoms with Crippen LogP contribution in [0.3, 0.4) is 0 Å². The van der Waals surface area contributed by atoms with Crippen LogP contribution in [0.15, 0.2) is 41.5 Å². The summed E-state index contributed by atoms with van der Waals surface area (Å²) in [6.45, 7) is 0. The first-order valence-corrected chi connectivity index (χ1v) is 7.01. The fourth-order valence-electron chi connectivity index (χ4n) is 2.39. The Morgan fingerprint density at radius 3 is 2.92 bits per heavy atom. The van der Waals surface area contributed by atoms with Gasteiger partial charge in [-0.1, -0.05) is 18.2 Å². The number of nitrogens with one attached hydrogen (secondary N) is 2. The molecule has 0 spiro atoms. The SMILES string of the molecule is Cn1ncc2c(=O)c(C(=O)NC(C#N)c3ccccc3F)c[nH]c21. The molecule has 3 rings (SSSR count). The van der Waals surface area contributed by atoms with Gasteiger partial charge < -0.3 is 10.3 Å². The molecule has 1 unspecified atom stereocenters. The number of aromatic amines is 1. The van der Waals surface area contributed by atoms with Gasteiger partial charge in [-0.2, -0.15) is 10.4 Å². The van der Waals surface area contributed by atoms with Crippen molar-refractivity contribution in [3.05, 3.63) is 63.8 Å². The molecule has 0 saturated heterocycles. The van der Waals surface area contributed by atoms with Crippen molar-refractivity contribution >= 4 is 16.9 Å². The Hall–Kier alpha value is -3.47. The molecule has 2 heterocycles. The molecule has 120 valence electrons. The van der Waals surface area contributed by atoms with Crippen LogP contribution in [-0.2, 0) is 7.05 Å². The molecular weight excluding hydrogens is 313 g/mol. The second-order valence-corrected chi connectivity index (χ2v) is 5.12. The normalized spacial score (nSPS) is 11.9. The van der Waals surface area contributed by atoms with Crippen molar-refractivity contribution in [2.75, 3.05) is 0 Å². The molecule has 24 heavy (non-hydrogen) atoms. The molecule has 0 saturated carbocycles. The Morgan fingerprint density at radius 1 is 1.46 bits per heavy atom. The number of hydrogen-bond donors (Lipinski definition) is 2. The molecule has 0 aliphatic rings. The highest BCUT2D eigenvalue weighted by Crippen LogP contribution is 2.16. The number of amides is 1. The van der Waals surface area contributed by atoms with Gasteiger partial charge in [0.2, 0.25) is 5.43 Å². The Labute approximate surface area is 135 Å². The summed E-state index contributed by atoms with van der Waals surface area (Å²) >= 11 is 0. The van der Waals surface area contributed by atoms with Crippen LogP contribution in [0.4, 0.5) is 4.39 Å². The quantitative estimate of drug-likeness (QED) is 0.759. The van der Waals surface area contributed by atoms with E-state index < -0.39 is 23.2 Å². The predicted octanol–water partition coefficient (Wildman–Crippen LogP) is 1.40. The lowest BCUT2D eigenvalue weighted by Gasteiger charge is -2.12. The second-order valence-electron chi connectivity index (χ2n) is 5.12. The van der Waals surface area contributed by atoms with Gasteiger partial charge in [0.1, 0.15) is 23.1 Å². The lowest BCUT2D eigenvalue weighted by molar-refractivity contribution is 0.0943. The highest BCUT2D eigenvalue weighted by molar-refractivity contribution is 5.97. The van der Waals surface area contributed by atoms with E-state index in [9.17, 15) is 19.2 Å². The number of carbonyl (C=O) groups excluding carboxylic acids is 1. The summed E-state index contributed by atoms with van der Waals surface area (Å²) in [5, 5.41) is 15.8. The molecule has 0 bridgehead atoms. The largest absolute Gasteiger partial charge is 0.345 e. The summed E-state index contributed by atoms with van der Waals surface area (Å²) in [6, 6.07) is 6.25.